The van der Waals surface area contributed by atoms with Crippen LogP contribution in [-0.2, 0) is 16.8 Å². The Labute approximate surface area is 53.1 Å². The van der Waals surface area contributed by atoms with Crippen molar-refractivity contribution in [3.05, 3.63) is 11.5 Å². The first-order valence-corrected chi connectivity index (χ1v) is 1.21. The maximum atomic E-state index is 6.26. The van der Waals surface area contributed by atoms with E-state index in [1.165, 1.54) is 0 Å². The minimum atomic E-state index is 0. The molecular weight excluding hydrogens is 143 g/mol. The van der Waals surface area contributed by atoms with Crippen molar-refractivity contribution in [1.82, 2.24) is 0 Å². The summed E-state index contributed by atoms with van der Waals surface area (Å²) in [7, 11) is 0. The molecule has 0 aliphatic rings. The molecule has 0 spiro atoms. The van der Waals surface area contributed by atoms with Gasteiger partial charge >= 0.3 is 16.8 Å². The summed E-state index contributed by atoms with van der Waals surface area (Å²) in [6.07, 6.45) is 0. The second kappa shape index (κ2) is 32.9. The van der Waals surface area contributed by atoms with Gasteiger partial charge in [-0.2, -0.15) is 13.1 Å². The molecule has 0 aliphatic carbocycles. The van der Waals surface area contributed by atoms with Crippen LogP contribution >= 0.6 is 0 Å². The fourth-order valence-corrected chi connectivity index (χ4v) is 0. The number of hydrogen-bond donors (Lipinski definition) is 0. The summed E-state index contributed by atoms with van der Waals surface area (Å²) >= 11 is 0. The number of nitrogens with one attached hydrogen (secondary N) is 2. The van der Waals surface area contributed by atoms with Crippen molar-refractivity contribution in [2.24, 2.45) is 0 Å². The molecule has 0 aromatic heterocycles. The van der Waals surface area contributed by atoms with Crippen molar-refractivity contribution in [2.45, 2.75) is 0 Å². The van der Waals surface area contributed by atoms with E-state index in [1.54, 1.807) is 0 Å². The molecule has 49 valence electrons. The molecule has 0 aliphatic heterocycles. The van der Waals surface area contributed by atoms with E-state index < -0.39 is 0 Å². The molecule has 0 bridgehead atoms. The van der Waals surface area contributed by atoms with Gasteiger partial charge in [0.15, 0.2) is 0 Å². The van der Waals surface area contributed by atoms with Crippen LogP contribution in [0.1, 0.15) is 0 Å². The molecule has 7 heavy (non-hydrogen) atoms. The van der Waals surface area contributed by atoms with Gasteiger partial charge in [-0.3, -0.25) is 0 Å². The van der Waals surface area contributed by atoms with Gasteiger partial charge in [-0.05, 0) is 0 Å². The van der Waals surface area contributed by atoms with E-state index in [4.69, 9.17) is 11.5 Å². The molecule has 0 fully saturated rings. The minimum absolute atomic E-state index is 0. The fourth-order valence-electron chi connectivity index (χ4n) is 0. The molecule has 0 aromatic rings. The Kier molecular flexibility index (Phi) is 124. The summed E-state index contributed by atoms with van der Waals surface area (Å²) in [6, 6.07) is 0. The SMILES string of the molecule is O.O.[Co+2].[NH-]CC[NH-]. The van der Waals surface area contributed by atoms with Gasteiger partial charge in [-0.1, -0.05) is 0 Å². The van der Waals surface area contributed by atoms with Crippen LogP contribution in [0, 0.1) is 0 Å². The Balaban J connectivity index is -0.0000000150. The minimum Gasteiger partial charge on any atom is -0.679 e. The van der Waals surface area contributed by atoms with Crippen molar-refractivity contribution in [1.29, 1.82) is 0 Å². The van der Waals surface area contributed by atoms with Gasteiger partial charge in [0, 0.05) is 0 Å². The Hall–Kier alpha value is 0.346. The number of hydrogen-bond acceptors (Lipinski definition) is 0. The van der Waals surface area contributed by atoms with E-state index in [9.17, 15) is 0 Å². The largest absolute Gasteiger partial charge is 2.00 e. The van der Waals surface area contributed by atoms with Crippen LogP contribution in [0.3, 0.4) is 0 Å². The molecule has 0 rings (SSSR count). The van der Waals surface area contributed by atoms with Crippen LogP contribution in [0.2, 0.25) is 0 Å². The molecule has 0 atom stereocenters. The van der Waals surface area contributed by atoms with Crippen molar-refractivity contribution >= 4 is 0 Å². The predicted molar refractivity (Wildman–Crippen MR) is 25.6 cm³/mol. The maximum absolute atomic E-state index is 6.26. The molecule has 0 saturated carbocycles. The normalized spacial score (nSPS) is 4.29. The average molecular weight is 153 g/mol. The third kappa shape index (κ3) is 66.1. The molecule has 6 N–H and O–H groups in total. The van der Waals surface area contributed by atoms with Crippen molar-refractivity contribution < 1.29 is 27.7 Å². The summed E-state index contributed by atoms with van der Waals surface area (Å²) in [4.78, 5) is 0. The zero-order valence-electron chi connectivity index (χ0n) is 3.75. The van der Waals surface area contributed by atoms with Crippen LogP contribution in [-0.4, -0.2) is 24.0 Å². The van der Waals surface area contributed by atoms with E-state index in [2.05, 4.69) is 0 Å². The Bertz CT molecular complexity index is 15.7. The first-order valence-electron chi connectivity index (χ1n) is 1.21. The van der Waals surface area contributed by atoms with E-state index in [1.807, 2.05) is 0 Å². The van der Waals surface area contributed by atoms with E-state index in [0.717, 1.165) is 0 Å². The van der Waals surface area contributed by atoms with Crippen LogP contribution < -0.4 is 0 Å². The zero-order chi connectivity index (χ0) is 3.41. The summed E-state index contributed by atoms with van der Waals surface area (Å²) in [5, 5.41) is 0. The molecule has 0 saturated heterocycles. The molecule has 4 nitrogen and oxygen atoms in total. The van der Waals surface area contributed by atoms with Gasteiger partial charge in [-0.25, -0.2) is 0 Å². The van der Waals surface area contributed by atoms with Crippen LogP contribution in [0.15, 0.2) is 0 Å². The van der Waals surface area contributed by atoms with Gasteiger partial charge in [0.25, 0.3) is 0 Å². The predicted octanol–water partition coefficient (Wildman–Crippen LogP) is -0.561. The van der Waals surface area contributed by atoms with Gasteiger partial charge in [0.05, 0.1) is 0 Å². The topological polar surface area (TPSA) is 111 Å². The third-order valence-corrected chi connectivity index (χ3v) is 0.125. The van der Waals surface area contributed by atoms with Gasteiger partial charge in [-0.15, -0.1) is 0 Å². The van der Waals surface area contributed by atoms with Gasteiger partial charge < -0.3 is 22.4 Å². The van der Waals surface area contributed by atoms with Gasteiger partial charge in [0.1, 0.15) is 0 Å². The van der Waals surface area contributed by atoms with E-state index >= 15 is 0 Å². The zero-order valence-corrected chi connectivity index (χ0v) is 4.79. The van der Waals surface area contributed by atoms with Crippen LogP contribution in [0.4, 0.5) is 0 Å². The molecular formula is C2H10CoN2O2. The molecule has 0 amide bonds. The molecule has 0 unspecified atom stereocenters. The maximum Gasteiger partial charge on any atom is 2.00 e. The quantitative estimate of drug-likeness (QED) is 0.480. The van der Waals surface area contributed by atoms with Crippen molar-refractivity contribution in [3.8, 4) is 0 Å². The third-order valence-electron chi connectivity index (χ3n) is 0.125. The second-order valence-corrected chi connectivity index (χ2v) is 0.500. The van der Waals surface area contributed by atoms with Gasteiger partial charge in [0.2, 0.25) is 0 Å². The smallest absolute Gasteiger partial charge is 0.679 e. The summed E-state index contributed by atoms with van der Waals surface area (Å²) in [5.41, 5.74) is 12.5. The fraction of sp³-hybridized carbons (Fsp3) is 1.00. The second-order valence-electron chi connectivity index (χ2n) is 0.500. The number of rotatable bonds is 1. The Morgan fingerprint density at radius 3 is 1.00 bits per heavy atom. The molecule has 5 heteroatoms. The Morgan fingerprint density at radius 1 is 0.857 bits per heavy atom. The summed E-state index contributed by atoms with van der Waals surface area (Å²) in [6.45, 7) is 0.472. The van der Waals surface area contributed by atoms with Crippen LogP contribution in [0.25, 0.3) is 11.5 Å². The van der Waals surface area contributed by atoms with Crippen LogP contribution in [0.5, 0.6) is 0 Å². The van der Waals surface area contributed by atoms with E-state index in [-0.39, 0.29) is 40.8 Å². The Morgan fingerprint density at radius 2 is 1.00 bits per heavy atom. The van der Waals surface area contributed by atoms with Crippen molar-refractivity contribution in [3.63, 3.8) is 0 Å². The first kappa shape index (κ1) is 26.4. The molecule has 1 radical (unpaired) electrons. The monoisotopic (exact) mass is 153 g/mol. The standard InChI is InChI=1S/C2H6N2.Co.2H2O/c3-1-2-4;;;/h3-4H,1-2H2;;2*1H2/q-2;+2;;. The molecule has 0 heterocycles. The summed E-state index contributed by atoms with van der Waals surface area (Å²) in [5.74, 6) is 0. The van der Waals surface area contributed by atoms with E-state index in [0.29, 0.717) is 0 Å². The average Bonchev–Trinajstić information content (AvgIpc) is 1.37. The van der Waals surface area contributed by atoms with Crippen molar-refractivity contribution in [2.75, 3.05) is 13.1 Å². The molecule has 0 aromatic carbocycles. The summed E-state index contributed by atoms with van der Waals surface area (Å²) < 4.78 is 0. The first-order chi connectivity index (χ1) is 1.91.